The molecule has 0 unspecified atom stereocenters. The summed E-state index contributed by atoms with van der Waals surface area (Å²) in [5.41, 5.74) is -0.0574. The molecule has 0 saturated carbocycles. The van der Waals surface area contributed by atoms with Crippen molar-refractivity contribution < 1.29 is 28.1 Å². The topological polar surface area (TPSA) is 142 Å². The number of nitrogens with zero attached hydrogens (tertiary/aromatic N) is 1. The number of halogens is 1. The Balaban J connectivity index is 1.81. The van der Waals surface area contributed by atoms with Crippen molar-refractivity contribution in [1.82, 2.24) is 26.4 Å². The van der Waals surface area contributed by atoms with Gasteiger partial charge in [-0.25, -0.2) is 4.39 Å². The van der Waals surface area contributed by atoms with Crippen molar-refractivity contribution in [3.63, 3.8) is 0 Å². The van der Waals surface area contributed by atoms with E-state index in [4.69, 9.17) is 4.52 Å². The van der Waals surface area contributed by atoms with E-state index in [-0.39, 0.29) is 23.9 Å². The van der Waals surface area contributed by atoms with E-state index < -0.39 is 47.1 Å². The Bertz CT molecular complexity index is 1230. The summed E-state index contributed by atoms with van der Waals surface area (Å²) in [4.78, 5) is 52.1. The van der Waals surface area contributed by atoms with Crippen LogP contribution in [-0.4, -0.2) is 53.5 Å². The summed E-state index contributed by atoms with van der Waals surface area (Å²) in [6.45, 7) is 9.42. The molecule has 1 aliphatic rings. The van der Waals surface area contributed by atoms with Gasteiger partial charge in [-0.1, -0.05) is 50.2 Å². The van der Waals surface area contributed by atoms with E-state index in [1.165, 1.54) is 18.2 Å². The van der Waals surface area contributed by atoms with Crippen LogP contribution in [0.4, 0.5) is 4.39 Å². The van der Waals surface area contributed by atoms with E-state index in [9.17, 15) is 23.6 Å². The molecule has 4 amide bonds. The third-order valence-corrected chi connectivity index (χ3v) is 6.70. The van der Waals surface area contributed by atoms with Gasteiger partial charge in [0.15, 0.2) is 5.69 Å². The van der Waals surface area contributed by atoms with Crippen LogP contribution in [0, 0.1) is 24.1 Å². The van der Waals surface area contributed by atoms with Crippen LogP contribution < -0.4 is 21.3 Å². The van der Waals surface area contributed by atoms with Gasteiger partial charge in [-0.05, 0) is 49.8 Å². The van der Waals surface area contributed by atoms with Gasteiger partial charge in [0.25, 0.3) is 5.91 Å². The van der Waals surface area contributed by atoms with Crippen molar-refractivity contribution in [2.75, 3.05) is 6.54 Å². The van der Waals surface area contributed by atoms with Crippen LogP contribution in [0.1, 0.15) is 62.3 Å². The van der Waals surface area contributed by atoms with E-state index in [1.54, 1.807) is 52.0 Å². The number of nitrogens with one attached hydrogen (secondary N) is 4. The third-order valence-electron chi connectivity index (χ3n) is 6.70. The number of hydrogen-bond donors (Lipinski definition) is 4. The molecule has 10 nitrogen and oxygen atoms in total. The molecule has 1 aromatic carbocycles. The minimum absolute atomic E-state index is 0.0327. The zero-order valence-electron chi connectivity index (χ0n) is 23.5. The highest BCUT2D eigenvalue weighted by Gasteiger charge is 2.36. The van der Waals surface area contributed by atoms with E-state index in [1.807, 2.05) is 6.92 Å². The Morgan fingerprint density at radius 3 is 2.40 bits per heavy atom. The lowest BCUT2D eigenvalue weighted by Gasteiger charge is -2.32. The minimum atomic E-state index is -1.04. The smallest absolute Gasteiger partial charge is 0.274 e. The number of hydrogen-bond acceptors (Lipinski definition) is 6. The predicted octanol–water partition coefficient (Wildman–Crippen LogP) is 2.58. The van der Waals surface area contributed by atoms with E-state index in [2.05, 4.69) is 26.4 Å². The minimum Gasteiger partial charge on any atom is -0.361 e. The first-order valence-corrected chi connectivity index (χ1v) is 13.4. The first kappa shape index (κ1) is 30.5. The second kappa shape index (κ2) is 13.4. The Morgan fingerprint density at radius 2 is 1.85 bits per heavy atom. The van der Waals surface area contributed by atoms with Crippen molar-refractivity contribution in [1.29, 1.82) is 0 Å². The van der Waals surface area contributed by atoms with Crippen molar-refractivity contribution in [2.24, 2.45) is 11.3 Å². The molecule has 1 saturated heterocycles. The molecule has 2 aromatic rings. The number of rotatable bonds is 11. The van der Waals surface area contributed by atoms with Crippen LogP contribution in [0.3, 0.4) is 0 Å². The van der Waals surface area contributed by atoms with Crippen molar-refractivity contribution in [3.05, 3.63) is 65.3 Å². The molecule has 1 aliphatic heterocycles. The zero-order chi connectivity index (χ0) is 29.4. The summed E-state index contributed by atoms with van der Waals surface area (Å²) in [5, 5.41) is 15.0. The maximum atomic E-state index is 13.6. The number of aromatic nitrogens is 1. The van der Waals surface area contributed by atoms with Crippen LogP contribution in [0.5, 0.6) is 0 Å². The molecule has 0 bridgehead atoms. The molecule has 0 spiro atoms. The summed E-state index contributed by atoms with van der Waals surface area (Å²) in [6, 6.07) is 4.62. The molecule has 3 rings (SSSR count). The fourth-order valence-corrected chi connectivity index (χ4v) is 4.55. The summed E-state index contributed by atoms with van der Waals surface area (Å²) < 4.78 is 18.5. The average molecular weight is 556 g/mol. The molecule has 0 radical (unpaired) electrons. The summed E-state index contributed by atoms with van der Waals surface area (Å²) in [7, 11) is 0. The van der Waals surface area contributed by atoms with Gasteiger partial charge >= 0.3 is 0 Å². The van der Waals surface area contributed by atoms with Crippen LogP contribution in [0.15, 0.2) is 47.0 Å². The Morgan fingerprint density at radius 1 is 1.15 bits per heavy atom. The maximum Gasteiger partial charge on any atom is 0.274 e. The van der Waals surface area contributed by atoms with Crippen LogP contribution in [-0.2, 0) is 20.8 Å². The van der Waals surface area contributed by atoms with Gasteiger partial charge in [-0.2, -0.15) is 0 Å². The molecule has 4 atom stereocenters. The SMILES string of the molecule is C/C=C/[C@H](C[C@@H]1CCNC1=O)NC(=O)[C@H](Cc1ccc(F)cc1)NC(=O)[C@@H](NC(=O)c1cc(C)on1)C(C)(C)C. The van der Waals surface area contributed by atoms with E-state index in [0.29, 0.717) is 30.7 Å². The summed E-state index contributed by atoms with van der Waals surface area (Å²) in [6.07, 6.45) is 4.77. The highest BCUT2D eigenvalue weighted by Crippen LogP contribution is 2.21. The molecule has 1 aromatic heterocycles. The number of carbonyl (C=O) groups is 4. The fourth-order valence-electron chi connectivity index (χ4n) is 4.55. The Labute approximate surface area is 233 Å². The first-order chi connectivity index (χ1) is 18.9. The summed E-state index contributed by atoms with van der Waals surface area (Å²) in [5.74, 6) is -1.88. The molecule has 216 valence electrons. The quantitative estimate of drug-likeness (QED) is 0.314. The Hall–Kier alpha value is -4.02. The molecule has 0 aliphatic carbocycles. The highest BCUT2D eigenvalue weighted by molar-refractivity contribution is 5.97. The van der Waals surface area contributed by atoms with Gasteiger partial charge in [0.1, 0.15) is 23.7 Å². The third kappa shape index (κ3) is 8.49. The molecule has 11 heteroatoms. The van der Waals surface area contributed by atoms with E-state index >= 15 is 0 Å². The maximum absolute atomic E-state index is 13.6. The van der Waals surface area contributed by atoms with Crippen LogP contribution in [0.25, 0.3) is 0 Å². The van der Waals surface area contributed by atoms with Crippen molar-refractivity contribution >= 4 is 23.6 Å². The predicted molar refractivity (Wildman–Crippen MR) is 146 cm³/mol. The lowest BCUT2D eigenvalue weighted by molar-refractivity contribution is -0.131. The van der Waals surface area contributed by atoms with Gasteiger partial charge < -0.3 is 25.8 Å². The van der Waals surface area contributed by atoms with Gasteiger partial charge in [0.05, 0.1) is 0 Å². The van der Waals surface area contributed by atoms with Crippen molar-refractivity contribution in [3.8, 4) is 0 Å². The monoisotopic (exact) mass is 555 g/mol. The zero-order valence-corrected chi connectivity index (χ0v) is 23.5. The molecule has 2 heterocycles. The molecular weight excluding hydrogens is 517 g/mol. The van der Waals surface area contributed by atoms with Crippen LogP contribution >= 0.6 is 0 Å². The van der Waals surface area contributed by atoms with Gasteiger partial charge in [-0.3, -0.25) is 19.2 Å². The lowest BCUT2D eigenvalue weighted by atomic mass is 9.85. The summed E-state index contributed by atoms with van der Waals surface area (Å²) >= 11 is 0. The molecule has 1 fully saturated rings. The van der Waals surface area contributed by atoms with E-state index in [0.717, 1.165) is 0 Å². The standard InChI is InChI=1S/C29H38FN5O5/c1-6-7-21(16-19-12-13-31-25(19)36)32-26(37)22(15-18-8-10-20(30)11-9-18)33-28(39)24(29(3,4)5)34-27(38)23-14-17(2)40-35-23/h6-11,14,19,21-22,24H,12-13,15-16H2,1-5H3,(H,31,36)(H,32,37)(H,33,39)(H,34,38)/b7-6+/t19-,21+,22-,24+/m0/s1. The number of benzene rings is 1. The van der Waals surface area contributed by atoms with Gasteiger partial charge in [0, 0.05) is 31.0 Å². The first-order valence-electron chi connectivity index (χ1n) is 13.4. The molecular formula is C29H38FN5O5. The largest absolute Gasteiger partial charge is 0.361 e. The normalized spacial score (nSPS) is 17.6. The lowest BCUT2D eigenvalue weighted by Crippen LogP contribution is -2.58. The number of carbonyl (C=O) groups excluding carboxylic acids is 4. The second-order valence-corrected chi connectivity index (χ2v) is 11.1. The Kier molecular flexibility index (Phi) is 10.2. The molecule has 40 heavy (non-hydrogen) atoms. The number of aryl methyl sites for hydroxylation is 1. The van der Waals surface area contributed by atoms with Crippen molar-refractivity contribution in [2.45, 2.75) is 72.0 Å². The fraction of sp³-hybridized carbons (Fsp3) is 0.483. The number of amides is 4. The second-order valence-electron chi connectivity index (χ2n) is 11.1. The average Bonchev–Trinajstić information content (AvgIpc) is 3.50. The number of allylic oxidation sites excluding steroid dienone is 1. The van der Waals surface area contributed by atoms with Gasteiger partial charge in [-0.15, -0.1) is 0 Å². The van der Waals surface area contributed by atoms with Gasteiger partial charge in [0.2, 0.25) is 17.7 Å². The van der Waals surface area contributed by atoms with Crippen LogP contribution in [0.2, 0.25) is 0 Å². The highest BCUT2D eigenvalue weighted by atomic mass is 19.1. The molecule has 4 N–H and O–H groups in total.